The number of carboxylic acids is 1. The van der Waals surface area contributed by atoms with Crippen molar-refractivity contribution in [2.45, 2.75) is 12.5 Å². The minimum absolute atomic E-state index is 0.00309. The van der Waals surface area contributed by atoms with Crippen LogP contribution in [-0.4, -0.2) is 22.0 Å². The monoisotopic (exact) mass is 332 g/mol. The molecule has 6 nitrogen and oxygen atoms in total. The Balaban J connectivity index is 3.17. The molecule has 0 saturated heterocycles. The Labute approximate surface area is 116 Å². The zero-order valence-electron chi connectivity index (χ0n) is 9.60. The van der Waals surface area contributed by atoms with Gasteiger partial charge in [0.1, 0.15) is 17.5 Å². The summed E-state index contributed by atoms with van der Waals surface area (Å²) in [5, 5.41) is 22.3. The van der Waals surface area contributed by atoms with Crippen molar-refractivity contribution in [3.63, 3.8) is 0 Å². The number of nitro benzene ring substituents is 1. The quantitative estimate of drug-likeness (QED) is 0.474. The molecule has 0 fully saturated rings. The number of benzene rings is 1. The lowest BCUT2D eigenvalue weighted by atomic mass is 10.1. The van der Waals surface area contributed by atoms with Gasteiger partial charge in [-0.1, -0.05) is 6.08 Å². The summed E-state index contributed by atoms with van der Waals surface area (Å²) < 4.78 is 13.3. The van der Waals surface area contributed by atoms with Crippen LogP contribution >= 0.6 is 15.9 Å². The molecule has 0 bridgehead atoms. The van der Waals surface area contributed by atoms with Crippen molar-refractivity contribution in [3.8, 4) is 0 Å². The van der Waals surface area contributed by atoms with Crippen LogP contribution in [0.3, 0.4) is 0 Å². The van der Waals surface area contributed by atoms with E-state index in [-0.39, 0.29) is 16.6 Å². The van der Waals surface area contributed by atoms with Crippen molar-refractivity contribution in [2.24, 2.45) is 0 Å². The van der Waals surface area contributed by atoms with Gasteiger partial charge < -0.3 is 10.4 Å². The van der Waals surface area contributed by atoms with Gasteiger partial charge in [0.25, 0.3) is 5.69 Å². The van der Waals surface area contributed by atoms with Gasteiger partial charge in [0.05, 0.1) is 15.5 Å². The molecule has 1 rings (SSSR count). The van der Waals surface area contributed by atoms with E-state index < -0.39 is 28.4 Å². The van der Waals surface area contributed by atoms with Crippen LogP contribution in [0.1, 0.15) is 6.42 Å². The summed E-state index contributed by atoms with van der Waals surface area (Å²) in [5.41, 5.74) is -0.608. The lowest BCUT2D eigenvalue weighted by Crippen LogP contribution is -2.28. The smallest absolute Gasteiger partial charge is 0.326 e. The third-order valence-corrected chi connectivity index (χ3v) is 2.87. The number of nitrogens with one attached hydrogen (secondary N) is 1. The summed E-state index contributed by atoms with van der Waals surface area (Å²) in [6.45, 7) is 3.41. The van der Waals surface area contributed by atoms with Crippen molar-refractivity contribution in [3.05, 3.63) is 45.2 Å². The summed E-state index contributed by atoms with van der Waals surface area (Å²) in [7, 11) is 0. The van der Waals surface area contributed by atoms with Gasteiger partial charge in [-0.05, 0) is 28.4 Å². The number of rotatable bonds is 6. The van der Waals surface area contributed by atoms with E-state index in [4.69, 9.17) is 5.11 Å². The normalized spacial score (nSPS) is 11.7. The van der Waals surface area contributed by atoms with Crippen LogP contribution in [-0.2, 0) is 4.79 Å². The predicted molar refractivity (Wildman–Crippen MR) is 70.6 cm³/mol. The van der Waals surface area contributed by atoms with Crippen LogP contribution in [0.2, 0.25) is 0 Å². The number of carbonyl (C=O) groups is 1. The molecule has 2 N–H and O–H groups in total. The number of nitrogens with zero attached hydrogens (tertiary/aromatic N) is 1. The Kier molecular flexibility index (Phi) is 4.99. The molecular formula is C11H10BrFN2O4. The van der Waals surface area contributed by atoms with Crippen molar-refractivity contribution in [2.75, 3.05) is 5.32 Å². The van der Waals surface area contributed by atoms with E-state index in [9.17, 15) is 19.3 Å². The molecule has 0 heterocycles. The zero-order valence-corrected chi connectivity index (χ0v) is 11.2. The largest absolute Gasteiger partial charge is 0.480 e. The van der Waals surface area contributed by atoms with Crippen LogP contribution in [0.15, 0.2) is 29.3 Å². The Hall–Kier alpha value is -1.96. The number of nitro groups is 1. The molecule has 1 aromatic carbocycles. The molecule has 1 aromatic rings. The first-order valence-corrected chi connectivity index (χ1v) is 5.89. The maximum Gasteiger partial charge on any atom is 0.326 e. The van der Waals surface area contributed by atoms with E-state index in [1.807, 2.05) is 0 Å². The Morgan fingerprint density at radius 1 is 1.68 bits per heavy atom. The summed E-state index contributed by atoms with van der Waals surface area (Å²) in [5.74, 6) is -1.98. The first kappa shape index (κ1) is 15.1. The van der Waals surface area contributed by atoms with E-state index >= 15 is 0 Å². The molecular weight excluding hydrogens is 323 g/mol. The number of halogens is 2. The third-order valence-electron chi connectivity index (χ3n) is 2.27. The first-order chi connectivity index (χ1) is 8.86. The summed E-state index contributed by atoms with van der Waals surface area (Å²) >= 11 is 2.89. The molecule has 0 aromatic heterocycles. The van der Waals surface area contributed by atoms with Crippen molar-refractivity contribution < 1.29 is 19.2 Å². The lowest BCUT2D eigenvalue weighted by molar-refractivity contribution is -0.384. The van der Waals surface area contributed by atoms with E-state index in [1.54, 1.807) is 0 Å². The first-order valence-electron chi connectivity index (χ1n) is 5.10. The molecule has 1 unspecified atom stereocenters. The molecule has 0 amide bonds. The second-order valence-corrected chi connectivity index (χ2v) is 4.45. The fraction of sp³-hybridized carbons (Fsp3) is 0.182. The van der Waals surface area contributed by atoms with Crippen LogP contribution in [0.25, 0.3) is 0 Å². The van der Waals surface area contributed by atoms with E-state index in [2.05, 4.69) is 27.8 Å². The second-order valence-electron chi connectivity index (χ2n) is 3.60. The molecule has 0 aliphatic heterocycles. The molecule has 0 spiro atoms. The molecule has 1 atom stereocenters. The summed E-state index contributed by atoms with van der Waals surface area (Å²) in [6.07, 6.45) is 1.44. The zero-order chi connectivity index (χ0) is 14.6. The number of aliphatic carboxylic acids is 1. The number of hydrogen-bond acceptors (Lipinski definition) is 4. The van der Waals surface area contributed by atoms with Gasteiger partial charge in [-0.3, -0.25) is 10.1 Å². The van der Waals surface area contributed by atoms with Crippen molar-refractivity contribution >= 4 is 33.3 Å². The van der Waals surface area contributed by atoms with Gasteiger partial charge in [-0.15, -0.1) is 6.58 Å². The average Bonchev–Trinajstić information content (AvgIpc) is 2.32. The van der Waals surface area contributed by atoms with Gasteiger partial charge >= 0.3 is 5.97 Å². The average molecular weight is 333 g/mol. The fourth-order valence-corrected chi connectivity index (χ4v) is 1.72. The minimum atomic E-state index is -1.19. The second kappa shape index (κ2) is 6.28. The van der Waals surface area contributed by atoms with Crippen LogP contribution < -0.4 is 5.32 Å². The van der Waals surface area contributed by atoms with E-state index in [0.29, 0.717) is 0 Å². The topological polar surface area (TPSA) is 92.5 Å². The molecule has 0 aliphatic rings. The molecule has 0 saturated carbocycles. The number of hydrogen-bond donors (Lipinski definition) is 2. The standard InChI is InChI=1S/C11H10BrFN2O4/c1-2-3-8(11(16)17)14-9-4-6(12)7(13)5-10(9)15(18)19/h2,4-5,8,14H,1,3H2,(H,16,17). The number of carboxylic acid groups (broad SMARTS) is 1. The summed E-state index contributed by atoms with van der Waals surface area (Å²) in [6, 6.07) is 0.778. The third kappa shape index (κ3) is 3.75. The highest BCUT2D eigenvalue weighted by molar-refractivity contribution is 9.10. The predicted octanol–water partition coefficient (Wildman–Crippen LogP) is 2.94. The number of anilines is 1. The van der Waals surface area contributed by atoms with Gasteiger partial charge in [-0.25, -0.2) is 9.18 Å². The van der Waals surface area contributed by atoms with Crippen LogP contribution in [0.4, 0.5) is 15.8 Å². The lowest BCUT2D eigenvalue weighted by Gasteiger charge is -2.14. The van der Waals surface area contributed by atoms with Crippen LogP contribution in [0, 0.1) is 15.9 Å². The highest BCUT2D eigenvalue weighted by Gasteiger charge is 2.23. The molecule has 0 radical (unpaired) electrons. The maximum atomic E-state index is 13.3. The molecule has 19 heavy (non-hydrogen) atoms. The van der Waals surface area contributed by atoms with Crippen molar-refractivity contribution in [1.82, 2.24) is 0 Å². The highest BCUT2D eigenvalue weighted by Crippen LogP contribution is 2.31. The van der Waals surface area contributed by atoms with Gasteiger partial charge in [-0.2, -0.15) is 0 Å². The van der Waals surface area contributed by atoms with Gasteiger partial charge in [0.2, 0.25) is 0 Å². The van der Waals surface area contributed by atoms with Gasteiger partial charge in [0.15, 0.2) is 0 Å². The van der Waals surface area contributed by atoms with Gasteiger partial charge in [0, 0.05) is 0 Å². The summed E-state index contributed by atoms with van der Waals surface area (Å²) in [4.78, 5) is 21.0. The van der Waals surface area contributed by atoms with Crippen LogP contribution in [0.5, 0.6) is 0 Å². The molecule has 102 valence electrons. The SMILES string of the molecule is C=CCC(Nc1cc(Br)c(F)cc1[N+](=O)[O-])C(=O)O. The van der Waals surface area contributed by atoms with E-state index in [1.165, 1.54) is 6.08 Å². The Morgan fingerprint density at radius 2 is 2.32 bits per heavy atom. The maximum absolute atomic E-state index is 13.3. The van der Waals surface area contributed by atoms with E-state index in [0.717, 1.165) is 12.1 Å². The Morgan fingerprint density at radius 3 is 2.79 bits per heavy atom. The highest BCUT2D eigenvalue weighted by atomic mass is 79.9. The molecule has 8 heteroatoms. The Bertz CT molecular complexity index is 536. The fourth-order valence-electron chi connectivity index (χ4n) is 1.38. The molecule has 0 aliphatic carbocycles. The minimum Gasteiger partial charge on any atom is -0.480 e. The van der Waals surface area contributed by atoms with Crippen molar-refractivity contribution in [1.29, 1.82) is 0 Å².